The molecule has 0 aliphatic rings. The summed E-state index contributed by atoms with van der Waals surface area (Å²) in [7, 11) is 0. The van der Waals surface area contributed by atoms with Gasteiger partial charge in [0, 0.05) is 6.54 Å². The highest BCUT2D eigenvalue weighted by Gasteiger charge is 2.20. The van der Waals surface area contributed by atoms with E-state index < -0.39 is 5.97 Å². The summed E-state index contributed by atoms with van der Waals surface area (Å²) in [5.74, 6) is -0.202. The van der Waals surface area contributed by atoms with Gasteiger partial charge in [-0.2, -0.15) is 0 Å². The predicted molar refractivity (Wildman–Crippen MR) is 110 cm³/mol. The molecule has 27 heavy (non-hydrogen) atoms. The fraction of sp³-hybridized carbons (Fsp3) is 0.333. The molecule has 0 aliphatic carbocycles. The van der Waals surface area contributed by atoms with Crippen LogP contribution >= 0.6 is 11.3 Å². The van der Waals surface area contributed by atoms with Crippen LogP contribution in [-0.4, -0.2) is 47.2 Å². The number of rotatable bonds is 8. The van der Waals surface area contributed by atoms with Crippen molar-refractivity contribution in [3.63, 3.8) is 0 Å². The summed E-state index contributed by atoms with van der Waals surface area (Å²) in [6.45, 7) is 9.39. The predicted octanol–water partition coefficient (Wildman–Crippen LogP) is 4.69. The average molecular weight is 385 g/mol. The number of ether oxygens (including phenoxy) is 1. The molecule has 0 unspecified atom stereocenters. The highest BCUT2D eigenvalue weighted by molar-refractivity contribution is 7.17. The first-order chi connectivity index (χ1) is 13.0. The number of nitrogens with zero attached hydrogens (tertiary/aromatic N) is 2. The molecule has 3 rings (SSSR count). The molecular formula is C21H24N2O3S. The molecule has 3 aromatic rings. The molecule has 1 aromatic heterocycles. The van der Waals surface area contributed by atoms with Gasteiger partial charge in [-0.15, -0.1) is 11.3 Å². The number of carboxylic acids is 1. The van der Waals surface area contributed by atoms with Crippen LogP contribution in [-0.2, 0) is 0 Å². The number of hydrogen-bond donors (Lipinski definition) is 1. The van der Waals surface area contributed by atoms with E-state index in [2.05, 4.69) is 23.7 Å². The number of benzene rings is 2. The first-order valence-corrected chi connectivity index (χ1v) is 9.94. The van der Waals surface area contributed by atoms with Crippen LogP contribution in [0.5, 0.6) is 5.75 Å². The fourth-order valence-electron chi connectivity index (χ4n) is 3.12. The second-order valence-electron chi connectivity index (χ2n) is 6.27. The summed E-state index contributed by atoms with van der Waals surface area (Å²) in [5.41, 5.74) is 1.40. The molecule has 5 nitrogen and oxygen atoms in total. The minimum Gasteiger partial charge on any atom is -0.491 e. The summed E-state index contributed by atoms with van der Waals surface area (Å²) < 4.78 is 6.12. The molecule has 142 valence electrons. The van der Waals surface area contributed by atoms with Crippen molar-refractivity contribution in [1.29, 1.82) is 0 Å². The van der Waals surface area contributed by atoms with Gasteiger partial charge in [-0.3, -0.25) is 0 Å². The van der Waals surface area contributed by atoms with E-state index in [1.165, 1.54) is 11.3 Å². The monoisotopic (exact) mass is 384 g/mol. The summed E-state index contributed by atoms with van der Waals surface area (Å²) in [5, 5.41) is 12.2. The van der Waals surface area contributed by atoms with E-state index in [4.69, 9.17) is 4.74 Å². The van der Waals surface area contributed by atoms with Crippen LogP contribution in [0.1, 0.15) is 29.2 Å². The molecule has 0 spiro atoms. The van der Waals surface area contributed by atoms with E-state index in [1.54, 1.807) is 6.92 Å². The van der Waals surface area contributed by atoms with Crippen LogP contribution < -0.4 is 4.74 Å². The van der Waals surface area contributed by atoms with Crippen LogP contribution in [0.15, 0.2) is 36.4 Å². The Kier molecular flexibility index (Phi) is 6.08. The van der Waals surface area contributed by atoms with Gasteiger partial charge >= 0.3 is 5.97 Å². The average Bonchev–Trinajstić information content (AvgIpc) is 3.06. The highest BCUT2D eigenvalue weighted by atomic mass is 32.1. The van der Waals surface area contributed by atoms with Crippen molar-refractivity contribution in [2.75, 3.05) is 26.2 Å². The van der Waals surface area contributed by atoms with E-state index >= 15 is 0 Å². The Balaban J connectivity index is 2.02. The topological polar surface area (TPSA) is 62.7 Å². The quantitative estimate of drug-likeness (QED) is 0.610. The second kappa shape index (κ2) is 8.50. The van der Waals surface area contributed by atoms with Gasteiger partial charge in [-0.25, -0.2) is 9.78 Å². The first-order valence-electron chi connectivity index (χ1n) is 9.13. The number of likely N-dealkylation sites (N-methyl/N-ethyl adjacent to an activating group) is 1. The molecule has 0 saturated heterocycles. The number of hydrogen-bond acceptors (Lipinski definition) is 5. The molecule has 0 radical (unpaired) electrons. The summed E-state index contributed by atoms with van der Waals surface area (Å²) in [4.78, 5) is 18.6. The third-order valence-corrected chi connectivity index (χ3v) is 5.82. The molecular weight excluding hydrogens is 360 g/mol. The third-order valence-electron chi connectivity index (χ3n) is 4.66. The molecule has 1 N–H and O–H groups in total. The Morgan fingerprint density at radius 1 is 1.19 bits per heavy atom. The minimum absolute atomic E-state index is 0.270. The number of aromatic nitrogens is 1. The van der Waals surface area contributed by atoms with Crippen molar-refractivity contribution in [2.24, 2.45) is 0 Å². The number of thiazole rings is 1. The SMILES string of the molecule is CCN(CC)CCOc1ccc2ccccc2c1-c1nc(C)c(C(=O)O)s1. The fourth-order valence-corrected chi connectivity index (χ4v) is 4.09. The number of carbonyl (C=O) groups is 1. The van der Waals surface area contributed by atoms with Crippen molar-refractivity contribution < 1.29 is 14.6 Å². The zero-order valence-corrected chi connectivity index (χ0v) is 16.7. The highest BCUT2D eigenvalue weighted by Crippen LogP contribution is 2.40. The molecule has 0 aliphatic heterocycles. The molecule has 0 amide bonds. The van der Waals surface area contributed by atoms with E-state index in [9.17, 15) is 9.90 Å². The molecule has 2 aromatic carbocycles. The van der Waals surface area contributed by atoms with Crippen LogP contribution in [0.2, 0.25) is 0 Å². The van der Waals surface area contributed by atoms with Gasteiger partial charge in [-0.1, -0.05) is 44.2 Å². The largest absolute Gasteiger partial charge is 0.491 e. The molecule has 0 atom stereocenters. The number of fused-ring (bicyclic) bond motifs is 1. The maximum absolute atomic E-state index is 11.5. The molecule has 0 bridgehead atoms. The lowest BCUT2D eigenvalue weighted by Gasteiger charge is -2.19. The van der Waals surface area contributed by atoms with Gasteiger partial charge in [0.2, 0.25) is 0 Å². The third kappa shape index (κ3) is 4.12. The second-order valence-corrected chi connectivity index (χ2v) is 7.27. The Bertz CT molecular complexity index is 948. The van der Waals surface area contributed by atoms with Crippen LogP contribution in [0, 0.1) is 6.92 Å². The first kappa shape index (κ1) is 19.3. The van der Waals surface area contributed by atoms with Crippen molar-refractivity contribution in [2.45, 2.75) is 20.8 Å². The minimum atomic E-state index is -0.944. The van der Waals surface area contributed by atoms with Gasteiger partial charge in [0.1, 0.15) is 22.2 Å². The van der Waals surface area contributed by atoms with Gasteiger partial charge in [0.25, 0.3) is 0 Å². The molecule has 0 saturated carbocycles. The maximum Gasteiger partial charge on any atom is 0.347 e. The Morgan fingerprint density at radius 2 is 1.93 bits per heavy atom. The van der Waals surface area contributed by atoms with Gasteiger partial charge in [0.05, 0.1) is 11.3 Å². The molecule has 6 heteroatoms. The summed E-state index contributed by atoms with van der Waals surface area (Å²) >= 11 is 1.20. The Labute approximate surface area is 163 Å². The lowest BCUT2D eigenvalue weighted by Crippen LogP contribution is -2.27. The van der Waals surface area contributed by atoms with Crippen molar-refractivity contribution in [3.8, 4) is 16.3 Å². The smallest absolute Gasteiger partial charge is 0.347 e. The molecule has 1 heterocycles. The maximum atomic E-state index is 11.5. The number of carboxylic acid groups (broad SMARTS) is 1. The Morgan fingerprint density at radius 3 is 2.59 bits per heavy atom. The van der Waals surface area contributed by atoms with Crippen LogP contribution in [0.4, 0.5) is 0 Å². The van der Waals surface area contributed by atoms with Gasteiger partial charge in [-0.05, 0) is 36.9 Å². The zero-order chi connectivity index (χ0) is 19.4. The van der Waals surface area contributed by atoms with E-state index in [1.807, 2.05) is 36.4 Å². The van der Waals surface area contributed by atoms with E-state index in [0.29, 0.717) is 17.3 Å². The normalized spacial score (nSPS) is 11.3. The number of aromatic carboxylic acids is 1. The standard InChI is InChI=1S/C21H24N2O3S/c1-4-23(5-2)12-13-26-17-11-10-15-8-6-7-9-16(15)18(17)20-22-14(3)19(27-20)21(24)25/h6-11H,4-5,12-13H2,1-3H3,(H,24,25). The summed E-state index contributed by atoms with van der Waals surface area (Å²) in [6, 6.07) is 12.0. The van der Waals surface area contributed by atoms with Crippen molar-refractivity contribution in [3.05, 3.63) is 47.0 Å². The molecule has 0 fully saturated rings. The Hall–Kier alpha value is -2.44. The van der Waals surface area contributed by atoms with Gasteiger partial charge < -0.3 is 14.7 Å². The lowest BCUT2D eigenvalue weighted by molar-refractivity contribution is 0.0701. The van der Waals surface area contributed by atoms with Crippen molar-refractivity contribution >= 4 is 28.1 Å². The number of aryl methyl sites for hydroxylation is 1. The van der Waals surface area contributed by atoms with E-state index in [0.717, 1.165) is 41.7 Å². The lowest BCUT2D eigenvalue weighted by atomic mass is 10.0. The summed E-state index contributed by atoms with van der Waals surface area (Å²) in [6.07, 6.45) is 0. The van der Waals surface area contributed by atoms with Gasteiger partial charge in [0.15, 0.2) is 0 Å². The van der Waals surface area contributed by atoms with Crippen LogP contribution in [0.25, 0.3) is 21.3 Å². The van der Waals surface area contributed by atoms with E-state index in [-0.39, 0.29) is 4.88 Å². The van der Waals surface area contributed by atoms with Crippen molar-refractivity contribution in [1.82, 2.24) is 9.88 Å². The zero-order valence-electron chi connectivity index (χ0n) is 15.9. The van der Waals surface area contributed by atoms with Crippen LogP contribution in [0.3, 0.4) is 0 Å².